The Bertz CT molecular complexity index is 322. The van der Waals surface area contributed by atoms with Gasteiger partial charge in [0.25, 0.3) is 0 Å². The highest BCUT2D eigenvalue weighted by atomic mass is 79.9. The lowest BCUT2D eigenvalue weighted by Crippen LogP contribution is -2.36. The first-order valence-corrected chi connectivity index (χ1v) is 6.44. The molecule has 0 amide bonds. The average molecular weight is 285 g/mol. The van der Waals surface area contributed by atoms with Crippen molar-refractivity contribution in [2.75, 3.05) is 13.6 Å². The van der Waals surface area contributed by atoms with Gasteiger partial charge in [0.15, 0.2) is 0 Å². The Labute approximate surface area is 105 Å². The molecule has 3 nitrogen and oxygen atoms in total. The fourth-order valence-electron chi connectivity index (χ4n) is 1.96. The first-order valence-electron chi connectivity index (χ1n) is 5.64. The van der Waals surface area contributed by atoms with E-state index >= 15 is 0 Å². The zero-order valence-corrected chi connectivity index (χ0v) is 11.0. The summed E-state index contributed by atoms with van der Waals surface area (Å²) in [5, 5.41) is 3.20. The van der Waals surface area contributed by atoms with Crippen molar-refractivity contribution >= 4 is 15.9 Å². The molecule has 1 aromatic rings. The molecule has 4 heteroatoms. The van der Waals surface area contributed by atoms with Crippen LogP contribution in [0, 0.1) is 5.92 Å². The van der Waals surface area contributed by atoms with Crippen LogP contribution in [0.1, 0.15) is 18.5 Å². The Kier molecular flexibility index (Phi) is 4.32. The lowest BCUT2D eigenvalue weighted by Gasteiger charge is -2.34. The normalized spacial score (nSPS) is 24.1. The van der Waals surface area contributed by atoms with Crippen LogP contribution < -0.4 is 5.32 Å². The van der Waals surface area contributed by atoms with Crippen LogP contribution in [0.4, 0.5) is 0 Å². The molecule has 1 N–H and O–H groups in total. The Hall–Kier alpha value is -0.450. The zero-order valence-electron chi connectivity index (χ0n) is 9.45. The predicted molar refractivity (Wildman–Crippen MR) is 67.2 cm³/mol. The molecule has 1 saturated carbocycles. The summed E-state index contributed by atoms with van der Waals surface area (Å²) in [7, 11) is 2.00. The van der Waals surface area contributed by atoms with Gasteiger partial charge in [0, 0.05) is 10.7 Å². The number of hydrogen-bond acceptors (Lipinski definition) is 3. The first kappa shape index (κ1) is 12.0. The number of halogens is 1. The monoisotopic (exact) mass is 284 g/mol. The smallest absolute Gasteiger partial charge is 0.0891 e. The second kappa shape index (κ2) is 5.75. The molecule has 0 spiro atoms. The lowest BCUT2D eigenvalue weighted by atomic mass is 9.82. The van der Waals surface area contributed by atoms with Crippen molar-refractivity contribution < 1.29 is 4.74 Å². The molecule has 1 fully saturated rings. The summed E-state index contributed by atoms with van der Waals surface area (Å²) in [6, 6.07) is 3.99. The summed E-state index contributed by atoms with van der Waals surface area (Å²) in [6.45, 7) is 1.74. The molecule has 1 heterocycles. The first-order chi connectivity index (χ1) is 7.78. The topological polar surface area (TPSA) is 34.1 Å². The fourth-order valence-corrected chi connectivity index (χ4v) is 2.20. The number of nitrogens with one attached hydrogen (secondary N) is 1. The third-order valence-electron chi connectivity index (χ3n) is 2.94. The van der Waals surface area contributed by atoms with Crippen LogP contribution >= 0.6 is 15.9 Å². The Morgan fingerprint density at radius 3 is 2.94 bits per heavy atom. The van der Waals surface area contributed by atoms with E-state index in [4.69, 9.17) is 4.74 Å². The van der Waals surface area contributed by atoms with Crippen LogP contribution in [0.3, 0.4) is 0 Å². The average Bonchev–Trinajstić information content (AvgIpc) is 2.24. The minimum absolute atomic E-state index is 0.434. The molecule has 1 aliphatic carbocycles. The molecule has 0 atom stereocenters. The molecule has 1 aromatic heterocycles. The van der Waals surface area contributed by atoms with Gasteiger partial charge < -0.3 is 10.1 Å². The zero-order chi connectivity index (χ0) is 11.4. The molecule has 0 radical (unpaired) electrons. The van der Waals surface area contributed by atoms with Crippen LogP contribution in [0.2, 0.25) is 0 Å². The van der Waals surface area contributed by atoms with Gasteiger partial charge in [0.1, 0.15) is 0 Å². The van der Waals surface area contributed by atoms with Gasteiger partial charge in [-0.1, -0.05) is 0 Å². The highest BCUT2D eigenvalue weighted by Crippen LogP contribution is 2.29. The lowest BCUT2D eigenvalue weighted by molar-refractivity contribution is -0.0402. The Morgan fingerprint density at radius 2 is 2.31 bits per heavy atom. The summed E-state index contributed by atoms with van der Waals surface area (Å²) >= 11 is 3.37. The summed E-state index contributed by atoms with van der Waals surface area (Å²) in [5.41, 5.74) is 1.00. The van der Waals surface area contributed by atoms with E-state index in [0.717, 1.165) is 22.6 Å². The highest BCUT2D eigenvalue weighted by molar-refractivity contribution is 9.10. The van der Waals surface area contributed by atoms with Crippen molar-refractivity contribution in [3.63, 3.8) is 0 Å². The third kappa shape index (κ3) is 3.27. The Balaban J connectivity index is 1.67. The van der Waals surface area contributed by atoms with E-state index in [9.17, 15) is 0 Å². The molecule has 2 rings (SSSR count). The second-order valence-electron chi connectivity index (χ2n) is 4.30. The molecule has 0 aromatic carbocycles. The summed E-state index contributed by atoms with van der Waals surface area (Å²) in [5.74, 6) is 0.799. The number of nitrogens with zero attached hydrogens (tertiary/aromatic N) is 1. The maximum Gasteiger partial charge on any atom is 0.0891 e. The predicted octanol–water partition coefficient (Wildman–Crippen LogP) is 2.36. The maximum absolute atomic E-state index is 5.77. The van der Waals surface area contributed by atoms with E-state index in [0.29, 0.717) is 12.7 Å². The quantitative estimate of drug-likeness (QED) is 0.901. The van der Waals surface area contributed by atoms with Gasteiger partial charge in [-0.2, -0.15) is 0 Å². The molecule has 0 unspecified atom stereocenters. The molecule has 1 aliphatic rings. The van der Waals surface area contributed by atoms with Crippen molar-refractivity contribution in [1.82, 2.24) is 10.3 Å². The number of hydrogen-bond donors (Lipinski definition) is 1. The summed E-state index contributed by atoms with van der Waals surface area (Å²) in [4.78, 5) is 4.28. The summed E-state index contributed by atoms with van der Waals surface area (Å²) in [6.07, 6.45) is 4.60. The van der Waals surface area contributed by atoms with Crippen molar-refractivity contribution in [2.24, 2.45) is 5.92 Å². The van der Waals surface area contributed by atoms with Crippen LogP contribution in [-0.4, -0.2) is 24.7 Å². The minimum Gasteiger partial charge on any atom is -0.372 e. The van der Waals surface area contributed by atoms with Crippen molar-refractivity contribution in [1.29, 1.82) is 0 Å². The SMILES string of the molecule is CNCC1CC(OCc2ccc(Br)cn2)C1. The van der Waals surface area contributed by atoms with E-state index in [1.54, 1.807) is 0 Å². The number of pyridine rings is 1. The second-order valence-corrected chi connectivity index (χ2v) is 5.21. The highest BCUT2D eigenvalue weighted by Gasteiger charge is 2.28. The van der Waals surface area contributed by atoms with Crippen LogP contribution in [-0.2, 0) is 11.3 Å². The molecule has 16 heavy (non-hydrogen) atoms. The van der Waals surface area contributed by atoms with E-state index in [1.165, 1.54) is 12.8 Å². The molecule has 0 saturated heterocycles. The van der Waals surface area contributed by atoms with Gasteiger partial charge in [0.05, 0.1) is 18.4 Å². The van der Waals surface area contributed by atoms with Gasteiger partial charge in [-0.3, -0.25) is 4.98 Å². The number of aromatic nitrogens is 1. The van der Waals surface area contributed by atoms with Crippen molar-refractivity contribution in [3.8, 4) is 0 Å². The van der Waals surface area contributed by atoms with Gasteiger partial charge in [-0.05, 0) is 60.4 Å². The summed E-state index contributed by atoms with van der Waals surface area (Å²) < 4.78 is 6.78. The minimum atomic E-state index is 0.434. The van der Waals surface area contributed by atoms with Crippen molar-refractivity contribution in [3.05, 3.63) is 28.5 Å². The third-order valence-corrected chi connectivity index (χ3v) is 3.41. The molecular formula is C12H17BrN2O. The standard InChI is InChI=1S/C12H17BrN2O/c1-14-6-9-4-12(5-9)16-8-11-3-2-10(13)7-15-11/h2-3,7,9,12,14H,4-6,8H2,1H3. The van der Waals surface area contributed by atoms with Crippen LogP contribution in [0.5, 0.6) is 0 Å². The van der Waals surface area contributed by atoms with E-state index in [1.807, 2.05) is 25.4 Å². The fraction of sp³-hybridized carbons (Fsp3) is 0.583. The van der Waals surface area contributed by atoms with Gasteiger partial charge >= 0.3 is 0 Å². The number of ether oxygens (including phenoxy) is 1. The Morgan fingerprint density at radius 1 is 1.50 bits per heavy atom. The van der Waals surface area contributed by atoms with E-state index in [-0.39, 0.29) is 0 Å². The van der Waals surface area contributed by atoms with Gasteiger partial charge in [-0.25, -0.2) is 0 Å². The van der Waals surface area contributed by atoms with E-state index in [2.05, 4.69) is 26.2 Å². The van der Waals surface area contributed by atoms with E-state index < -0.39 is 0 Å². The molecule has 88 valence electrons. The van der Waals surface area contributed by atoms with Gasteiger partial charge in [0.2, 0.25) is 0 Å². The van der Waals surface area contributed by atoms with Crippen molar-refractivity contribution in [2.45, 2.75) is 25.6 Å². The molecule has 0 aliphatic heterocycles. The largest absolute Gasteiger partial charge is 0.372 e. The number of rotatable bonds is 5. The molecular weight excluding hydrogens is 268 g/mol. The maximum atomic E-state index is 5.77. The van der Waals surface area contributed by atoms with Gasteiger partial charge in [-0.15, -0.1) is 0 Å². The molecule has 0 bridgehead atoms. The van der Waals surface area contributed by atoms with Crippen LogP contribution in [0.25, 0.3) is 0 Å². The van der Waals surface area contributed by atoms with Crippen LogP contribution in [0.15, 0.2) is 22.8 Å².